The van der Waals surface area contributed by atoms with Crippen molar-refractivity contribution in [3.63, 3.8) is 0 Å². The van der Waals surface area contributed by atoms with E-state index in [1.807, 2.05) is 11.8 Å². The minimum Gasteiger partial charge on any atom is -0.455 e. The predicted molar refractivity (Wildman–Crippen MR) is 97.6 cm³/mol. The Kier molecular flexibility index (Phi) is 5.92. The maximum atomic E-state index is 12.6. The van der Waals surface area contributed by atoms with Gasteiger partial charge in [-0.25, -0.2) is 9.97 Å². The van der Waals surface area contributed by atoms with Gasteiger partial charge >= 0.3 is 0 Å². The zero-order valence-electron chi connectivity index (χ0n) is 14.9. The Bertz CT molecular complexity index is 765. The standard InChI is InChI=1S/C18H22N4O3S/c1-3-22-11-13(9-16(22)23)10-21(2)17(24)15-6-5-14(25-15)12-26-18-19-7-4-8-20-18/h4-8,13H,3,9-12H2,1-2H3/t13-/m0/s1. The predicted octanol–water partition coefficient (Wildman–Crippen LogP) is 2.30. The van der Waals surface area contributed by atoms with Gasteiger partial charge in [-0.15, -0.1) is 0 Å². The molecule has 0 aromatic carbocycles. The van der Waals surface area contributed by atoms with Gasteiger partial charge in [-0.2, -0.15) is 0 Å². The van der Waals surface area contributed by atoms with Crippen LogP contribution in [0.4, 0.5) is 0 Å². The van der Waals surface area contributed by atoms with E-state index < -0.39 is 0 Å². The van der Waals surface area contributed by atoms with E-state index >= 15 is 0 Å². The number of furan rings is 1. The van der Waals surface area contributed by atoms with Crippen LogP contribution in [0, 0.1) is 5.92 Å². The van der Waals surface area contributed by atoms with Gasteiger partial charge in [-0.05, 0) is 25.1 Å². The van der Waals surface area contributed by atoms with E-state index in [1.54, 1.807) is 42.5 Å². The van der Waals surface area contributed by atoms with E-state index in [0.717, 1.165) is 6.54 Å². The molecule has 0 unspecified atom stereocenters. The highest BCUT2D eigenvalue weighted by Gasteiger charge is 2.30. The number of carbonyl (C=O) groups excluding carboxylic acids is 2. The highest BCUT2D eigenvalue weighted by Crippen LogP contribution is 2.22. The van der Waals surface area contributed by atoms with Gasteiger partial charge in [0.25, 0.3) is 5.91 Å². The van der Waals surface area contributed by atoms with E-state index in [9.17, 15) is 9.59 Å². The lowest BCUT2D eigenvalue weighted by molar-refractivity contribution is -0.127. The van der Waals surface area contributed by atoms with Crippen molar-refractivity contribution in [3.05, 3.63) is 42.1 Å². The molecular formula is C18H22N4O3S. The second-order valence-corrected chi connectivity index (χ2v) is 7.22. The van der Waals surface area contributed by atoms with Gasteiger partial charge in [0, 0.05) is 51.4 Å². The molecule has 7 nitrogen and oxygen atoms in total. The molecule has 0 bridgehead atoms. The molecule has 3 heterocycles. The van der Waals surface area contributed by atoms with Crippen LogP contribution >= 0.6 is 11.8 Å². The van der Waals surface area contributed by atoms with Crippen LogP contribution < -0.4 is 0 Å². The average Bonchev–Trinajstić information content (AvgIpc) is 3.26. The summed E-state index contributed by atoms with van der Waals surface area (Å²) < 4.78 is 5.67. The summed E-state index contributed by atoms with van der Waals surface area (Å²) in [5.74, 6) is 1.75. The molecule has 0 N–H and O–H groups in total. The number of rotatable bonds is 7. The molecule has 0 spiro atoms. The molecule has 0 aliphatic carbocycles. The summed E-state index contributed by atoms with van der Waals surface area (Å²) >= 11 is 1.45. The van der Waals surface area contributed by atoms with Crippen LogP contribution in [0.25, 0.3) is 0 Å². The smallest absolute Gasteiger partial charge is 0.289 e. The first-order valence-electron chi connectivity index (χ1n) is 8.58. The van der Waals surface area contributed by atoms with E-state index in [2.05, 4.69) is 9.97 Å². The molecule has 1 aliphatic heterocycles. The Morgan fingerprint density at radius 2 is 2.15 bits per heavy atom. The van der Waals surface area contributed by atoms with E-state index in [1.165, 1.54) is 11.8 Å². The van der Waals surface area contributed by atoms with Gasteiger partial charge < -0.3 is 14.2 Å². The molecule has 0 radical (unpaired) electrons. The number of likely N-dealkylation sites (tertiary alicyclic amines) is 1. The minimum absolute atomic E-state index is 0.166. The number of hydrogen-bond donors (Lipinski definition) is 0. The Morgan fingerprint density at radius 3 is 2.85 bits per heavy atom. The SMILES string of the molecule is CCN1C[C@H](CN(C)C(=O)c2ccc(CSc3ncccn3)o2)CC1=O. The average molecular weight is 374 g/mol. The maximum absolute atomic E-state index is 12.6. The van der Waals surface area contributed by atoms with E-state index in [-0.39, 0.29) is 17.7 Å². The molecule has 1 atom stereocenters. The second kappa shape index (κ2) is 8.35. The van der Waals surface area contributed by atoms with Crippen LogP contribution in [0.1, 0.15) is 29.7 Å². The number of hydrogen-bond acceptors (Lipinski definition) is 6. The highest BCUT2D eigenvalue weighted by atomic mass is 32.2. The van der Waals surface area contributed by atoms with Gasteiger partial charge in [0.05, 0.1) is 5.75 Å². The maximum Gasteiger partial charge on any atom is 0.289 e. The van der Waals surface area contributed by atoms with Crippen molar-refractivity contribution in [1.82, 2.24) is 19.8 Å². The summed E-state index contributed by atoms with van der Waals surface area (Å²) in [5.41, 5.74) is 0. The summed E-state index contributed by atoms with van der Waals surface area (Å²) in [5, 5.41) is 0.667. The zero-order chi connectivity index (χ0) is 18.5. The first-order valence-corrected chi connectivity index (χ1v) is 9.57. The van der Waals surface area contributed by atoms with Crippen molar-refractivity contribution in [2.75, 3.05) is 26.7 Å². The topological polar surface area (TPSA) is 79.5 Å². The van der Waals surface area contributed by atoms with Crippen LogP contribution in [0.3, 0.4) is 0 Å². The Labute approximate surface area is 156 Å². The third-order valence-corrected chi connectivity index (χ3v) is 5.21. The number of amides is 2. The van der Waals surface area contributed by atoms with Crippen molar-refractivity contribution in [2.45, 2.75) is 24.3 Å². The molecule has 2 amide bonds. The summed E-state index contributed by atoms with van der Waals surface area (Å²) in [4.78, 5) is 36.1. The minimum atomic E-state index is -0.167. The molecule has 0 saturated carbocycles. The van der Waals surface area contributed by atoms with Gasteiger partial charge in [0.15, 0.2) is 10.9 Å². The first-order chi connectivity index (χ1) is 12.6. The lowest BCUT2D eigenvalue weighted by atomic mass is 10.1. The van der Waals surface area contributed by atoms with E-state index in [0.29, 0.717) is 41.9 Å². The van der Waals surface area contributed by atoms with Crippen molar-refractivity contribution in [1.29, 1.82) is 0 Å². The fraction of sp³-hybridized carbons (Fsp3) is 0.444. The Morgan fingerprint density at radius 1 is 1.38 bits per heavy atom. The summed E-state index contributed by atoms with van der Waals surface area (Å²) in [6, 6.07) is 5.26. The Balaban J connectivity index is 1.53. The van der Waals surface area contributed by atoms with Crippen molar-refractivity contribution in [3.8, 4) is 0 Å². The number of nitrogens with zero attached hydrogens (tertiary/aromatic N) is 4. The normalized spacial score (nSPS) is 16.9. The molecular weight excluding hydrogens is 352 g/mol. The van der Waals surface area contributed by atoms with Gasteiger partial charge in [-0.3, -0.25) is 9.59 Å². The first kappa shape index (κ1) is 18.4. The van der Waals surface area contributed by atoms with Gasteiger partial charge in [0.2, 0.25) is 5.91 Å². The third kappa shape index (κ3) is 4.43. The van der Waals surface area contributed by atoms with Crippen molar-refractivity contribution < 1.29 is 14.0 Å². The molecule has 26 heavy (non-hydrogen) atoms. The zero-order valence-corrected chi connectivity index (χ0v) is 15.7. The van der Waals surface area contributed by atoms with Crippen molar-refractivity contribution in [2.24, 2.45) is 5.92 Å². The van der Waals surface area contributed by atoms with Crippen LogP contribution in [0.15, 0.2) is 40.2 Å². The van der Waals surface area contributed by atoms with Gasteiger partial charge in [-0.1, -0.05) is 11.8 Å². The quantitative estimate of drug-likeness (QED) is 0.547. The van der Waals surface area contributed by atoms with Crippen LogP contribution in [-0.2, 0) is 10.5 Å². The van der Waals surface area contributed by atoms with Crippen LogP contribution in [-0.4, -0.2) is 58.3 Å². The monoisotopic (exact) mass is 374 g/mol. The summed E-state index contributed by atoms with van der Waals surface area (Å²) in [6.45, 7) is 3.95. The lowest BCUT2D eigenvalue weighted by Gasteiger charge is -2.20. The fourth-order valence-electron chi connectivity index (χ4n) is 3.01. The Hall–Kier alpha value is -2.35. The second-order valence-electron chi connectivity index (χ2n) is 6.27. The third-order valence-electron chi connectivity index (χ3n) is 4.31. The number of thioether (sulfide) groups is 1. The van der Waals surface area contributed by atoms with Gasteiger partial charge in [0.1, 0.15) is 5.76 Å². The lowest BCUT2D eigenvalue weighted by Crippen LogP contribution is -2.33. The number of aromatic nitrogens is 2. The fourth-order valence-corrected chi connectivity index (χ4v) is 3.70. The van der Waals surface area contributed by atoms with Crippen LogP contribution in [0.2, 0.25) is 0 Å². The number of carbonyl (C=O) groups is 2. The summed E-state index contributed by atoms with van der Waals surface area (Å²) in [6.07, 6.45) is 3.88. The molecule has 1 saturated heterocycles. The molecule has 1 fully saturated rings. The van der Waals surface area contributed by atoms with E-state index in [4.69, 9.17) is 4.42 Å². The highest BCUT2D eigenvalue weighted by molar-refractivity contribution is 7.98. The van der Waals surface area contributed by atoms with Crippen molar-refractivity contribution >= 4 is 23.6 Å². The largest absolute Gasteiger partial charge is 0.455 e. The molecule has 138 valence electrons. The molecule has 2 aromatic rings. The molecule has 3 rings (SSSR count). The summed E-state index contributed by atoms with van der Waals surface area (Å²) in [7, 11) is 1.75. The molecule has 8 heteroatoms. The van der Waals surface area contributed by atoms with Crippen LogP contribution in [0.5, 0.6) is 0 Å². The molecule has 2 aromatic heterocycles. The molecule has 1 aliphatic rings.